The number of rotatable bonds is 12. The van der Waals surface area contributed by atoms with Gasteiger partial charge in [0.25, 0.3) is 10.0 Å². The van der Waals surface area contributed by atoms with Crippen molar-refractivity contribution in [2.45, 2.75) is 58.0 Å². The first kappa shape index (κ1) is 30.2. The first-order valence-corrected chi connectivity index (χ1v) is 14.9. The molecule has 3 rings (SSSR count). The van der Waals surface area contributed by atoms with Crippen molar-refractivity contribution in [1.82, 2.24) is 10.2 Å². The summed E-state index contributed by atoms with van der Waals surface area (Å²) in [5, 5.41) is 3.44. The molecule has 1 atom stereocenters. The van der Waals surface area contributed by atoms with Crippen LogP contribution in [0.15, 0.2) is 77.7 Å². The largest absolute Gasteiger partial charge is 0.354 e. The molecule has 3 aromatic rings. The van der Waals surface area contributed by atoms with Gasteiger partial charge in [-0.3, -0.25) is 13.9 Å². The van der Waals surface area contributed by atoms with E-state index in [0.717, 1.165) is 27.4 Å². The van der Waals surface area contributed by atoms with Crippen molar-refractivity contribution in [3.63, 3.8) is 0 Å². The SMILES string of the molecule is CCCNC(=O)[C@H](CC)N(Cc1ccc(Cl)cc1)C(=O)CN(c1cccc(C)c1C)S(=O)(=O)c1ccccc1. The molecule has 0 spiro atoms. The maximum Gasteiger partial charge on any atom is 0.264 e. The Hall–Kier alpha value is -3.36. The quantitative estimate of drug-likeness (QED) is 0.313. The molecule has 7 nitrogen and oxygen atoms in total. The van der Waals surface area contributed by atoms with Crippen LogP contribution in [0.5, 0.6) is 0 Å². The van der Waals surface area contributed by atoms with Gasteiger partial charge < -0.3 is 10.2 Å². The average molecular weight is 570 g/mol. The number of hydrogen-bond donors (Lipinski definition) is 1. The smallest absolute Gasteiger partial charge is 0.264 e. The van der Waals surface area contributed by atoms with Crippen LogP contribution in [0, 0.1) is 13.8 Å². The van der Waals surface area contributed by atoms with Crippen molar-refractivity contribution in [2.75, 3.05) is 17.4 Å². The van der Waals surface area contributed by atoms with Crippen LogP contribution in [-0.2, 0) is 26.2 Å². The predicted octanol–water partition coefficient (Wildman–Crippen LogP) is 5.49. The minimum Gasteiger partial charge on any atom is -0.354 e. The zero-order valence-electron chi connectivity index (χ0n) is 22.9. The highest BCUT2D eigenvalue weighted by Crippen LogP contribution is 2.29. The van der Waals surface area contributed by atoms with Gasteiger partial charge >= 0.3 is 0 Å². The van der Waals surface area contributed by atoms with Gasteiger partial charge in [-0.05, 0) is 73.7 Å². The van der Waals surface area contributed by atoms with E-state index in [9.17, 15) is 18.0 Å². The van der Waals surface area contributed by atoms with Crippen molar-refractivity contribution in [1.29, 1.82) is 0 Å². The number of aryl methyl sites for hydroxylation is 1. The van der Waals surface area contributed by atoms with E-state index in [-0.39, 0.29) is 17.3 Å². The summed E-state index contributed by atoms with van der Waals surface area (Å²) in [5.41, 5.74) is 2.85. The molecule has 0 fully saturated rings. The molecule has 3 aromatic carbocycles. The molecule has 0 radical (unpaired) electrons. The average Bonchev–Trinajstić information content (AvgIpc) is 2.93. The van der Waals surface area contributed by atoms with Gasteiger partial charge in [0.1, 0.15) is 12.6 Å². The topological polar surface area (TPSA) is 86.8 Å². The lowest BCUT2D eigenvalue weighted by atomic mass is 10.1. The lowest BCUT2D eigenvalue weighted by molar-refractivity contribution is -0.140. The molecule has 1 N–H and O–H groups in total. The van der Waals surface area contributed by atoms with Crippen LogP contribution >= 0.6 is 11.6 Å². The maximum atomic E-state index is 14.1. The van der Waals surface area contributed by atoms with Crippen LogP contribution in [0.1, 0.15) is 43.4 Å². The van der Waals surface area contributed by atoms with E-state index < -0.39 is 28.5 Å². The molecule has 2 amide bonds. The number of halogens is 1. The highest BCUT2D eigenvalue weighted by Gasteiger charge is 2.34. The Balaban J connectivity index is 2.08. The lowest BCUT2D eigenvalue weighted by Gasteiger charge is -2.33. The van der Waals surface area contributed by atoms with Crippen LogP contribution in [0.3, 0.4) is 0 Å². The Bertz CT molecular complexity index is 1380. The van der Waals surface area contributed by atoms with Crippen LogP contribution in [0.2, 0.25) is 5.02 Å². The first-order valence-electron chi connectivity index (χ1n) is 13.1. The fourth-order valence-electron chi connectivity index (χ4n) is 4.31. The molecule has 0 aromatic heterocycles. The van der Waals surface area contributed by atoms with Gasteiger partial charge in [0.05, 0.1) is 10.6 Å². The Morgan fingerprint density at radius 1 is 0.923 bits per heavy atom. The third kappa shape index (κ3) is 7.40. The number of hydrogen-bond acceptors (Lipinski definition) is 4. The fraction of sp³-hybridized carbons (Fsp3) is 0.333. The van der Waals surface area contributed by atoms with E-state index in [2.05, 4.69) is 5.32 Å². The molecule has 0 saturated carbocycles. The Morgan fingerprint density at radius 2 is 1.59 bits per heavy atom. The van der Waals surface area contributed by atoms with Crippen molar-refractivity contribution in [2.24, 2.45) is 0 Å². The standard InChI is InChI=1S/C30H36ClN3O4S/c1-5-19-32-30(36)27(6-2)33(20-24-15-17-25(31)18-16-24)29(35)21-34(28-14-10-11-22(3)23(28)4)39(37,38)26-12-8-7-9-13-26/h7-18,27H,5-6,19-21H2,1-4H3,(H,32,36)/t27-/m0/s1. The number of anilines is 1. The van der Waals surface area contributed by atoms with E-state index in [0.29, 0.717) is 23.7 Å². The molecular weight excluding hydrogens is 534 g/mol. The van der Waals surface area contributed by atoms with Gasteiger partial charge in [0, 0.05) is 18.1 Å². The minimum atomic E-state index is -4.10. The molecule has 0 aliphatic carbocycles. The molecule has 0 heterocycles. The molecule has 0 saturated heterocycles. The summed E-state index contributed by atoms with van der Waals surface area (Å²) in [6, 6.07) is 19.7. The molecule has 0 aliphatic heterocycles. The number of benzene rings is 3. The van der Waals surface area contributed by atoms with Crippen LogP contribution in [-0.4, -0.2) is 44.3 Å². The maximum absolute atomic E-state index is 14.1. The van der Waals surface area contributed by atoms with Gasteiger partial charge in [-0.2, -0.15) is 0 Å². The molecular formula is C30H36ClN3O4S. The van der Waals surface area contributed by atoms with E-state index in [1.807, 2.05) is 33.8 Å². The number of carbonyl (C=O) groups excluding carboxylic acids is 2. The van der Waals surface area contributed by atoms with Crippen LogP contribution in [0.4, 0.5) is 5.69 Å². The van der Waals surface area contributed by atoms with Crippen LogP contribution in [0.25, 0.3) is 0 Å². The van der Waals surface area contributed by atoms with Crippen molar-refractivity contribution in [3.05, 3.63) is 94.5 Å². The molecule has 0 unspecified atom stereocenters. The molecule has 0 bridgehead atoms. The minimum absolute atomic E-state index is 0.0793. The van der Waals surface area contributed by atoms with Gasteiger partial charge in [0.2, 0.25) is 11.8 Å². The summed E-state index contributed by atoms with van der Waals surface area (Å²) in [5.74, 6) is -0.755. The van der Waals surface area contributed by atoms with Gasteiger partial charge in [0.15, 0.2) is 0 Å². The predicted molar refractivity (Wildman–Crippen MR) is 156 cm³/mol. The second-order valence-electron chi connectivity index (χ2n) is 9.41. The first-order chi connectivity index (χ1) is 18.6. The number of amides is 2. The lowest BCUT2D eigenvalue weighted by Crippen LogP contribution is -2.52. The summed E-state index contributed by atoms with van der Waals surface area (Å²) in [6.07, 6.45) is 1.12. The number of carbonyl (C=O) groups is 2. The second kappa shape index (κ2) is 13.6. The summed E-state index contributed by atoms with van der Waals surface area (Å²) in [6.45, 7) is 7.66. The molecule has 208 valence electrons. The monoisotopic (exact) mass is 569 g/mol. The van der Waals surface area contributed by atoms with E-state index in [4.69, 9.17) is 11.6 Å². The molecule has 39 heavy (non-hydrogen) atoms. The van der Waals surface area contributed by atoms with E-state index in [1.165, 1.54) is 17.0 Å². The highest BCUT2D eigenvalue weighted by molar-refractivity contribution is 7.92. The Morgan fingerprint density at radius 3 is 2.21 bits per heavy atom. The second-order valence-corrected chi connectivity index (χ2v) is 11.7. The molecule has 9 heteroatoms. The van der Waals surface area contributed by atoms with Crippen molar-refractivity contribution in [3.8, 4) is 0 Å². The third-order valence-electron chi connectivity index (χ3n) is 6.66. The Labute approximate surface area is 236 Å². The third-order valence-corrected chi connectivity index (χ3v) is 8.68. The summed E-state index contributed by atoms with van der Waals surface area (Å²) in [7, 11) is -4.10. The zero-order chi connectivity index (χ0) is 28.6. The normalized spacial score (nSPS) is 12.0. The van der Waals surface area contributed by atoms with Gasteiger partial charge in [-0.1, -0.05) is 67.9 Å². The van der Waals surface area contributed by atoms with Crippen LogP contribution < -0.4 is 9.62 Å². The van der Waals surface area contributed by atoms with Crippen molar-refractivity contribution < 1.29 is 18.0 Å². The number of nitrogens with one attached hydrogen (secondary N) is 1. The van der Waals surface area contributed by atoms with E-state index in [1.54, 1.807) is 54.6 Å². The molecule has 0 aliphatic rings. The summed E-state index contributed by atoms with van der Waals surface area (Å²) < 4.78 is 29.0. The number of nitrogens with zero attached hydrogens (tertiary/aromatic N) is 2. The van der Waals surface area contributed by atoms with E-state index >= 15 is 0 Å². The van der Waals surface area contributed by atoms with Gasteiger partial charge in [-0.25, -0.2) is 8.42 Å². The fourth-order valence-corrected chi connectivity index (χ4v) is 5.93. The summed E-state index contributed by atoms with van der Waals surface area (Å²) in [4.78, 5) is 28.7. The van der Waals surface area contributed by atoms with Crippen molar-refractivity contribution >= 4 is 39.1 Å². The van der Waals surface area contributed by atoms with Gasteiger partial charge in [-0.15, -0.1) is 0 Å². The Kier molecular flexibility index (Phi) is 10.5. The highest BCUT2D eigenvalue weighted by atomic mass is 35.5. The number of sulfonamides is 1. The zero-order valence-corrected chi connectivity index (χ0v) is 24.4. The summed E-state index contributed by atoms with van der Waals surface area (Å²) >= 11 is 6.06.